The molecule has 1 amide bonds. The fourth-order valence-electron chi connectivity index (χ4n) is 1.89. The number of carbonyl (C=O) groups excluding carboxylic acids is 1. The molecule has 1 atom stereocenters. The molecule has 2 aromatic rings. The Morgan fingerprint density at radius 1 is 1.52 bits per heavy atom. The van der Waals surface area contributed by atoms with Gasteiger partial charge in [-0.2, -0.15) is 18.3 Å². The standard InChI is InChI=1S/C11H9F3N4O2S/c12-11(13,14)8(10-15-1-4-21-10)16-9(19)6-5-7-18(17-6)2-3-20-7/h1,4-5,8H,2-3H2,(H,16,19). The van der Waals surface area contributed by atoms with Gasteiger partial charge in [0.2, 0.25) is 5.88 Å². The number of nitrogens with zero attached hydrogens (tertiary/aromatic N) is 3. The van der Waals surface area contributed by atoms with E-state index in [-0.39, 0.29) is 10.7 Å². The Morgan fingerprint density at radius 3 is 2.95 bits per heavy atom. The molecule has 0 spiro atoms. The smallest absolute Gasteiger partial charge is 0.415 e. The summed E-state index contributed by atoms with van der Waals surface area (Å²) in [6.07, 6.45) is -3.38. The highest BCUT2D eigenvalue weighted by atomic mass is 32.1. The molecular weight excluding hydrogens is 309 g/mol. The second-order valence-corrected chi connectivity index (χ2v) is 5.18. The van der Waals surface area contributed by atoms with Gasteiger partial charge in [-0.1, -0.05) is 0 Å². The number of hydrogen-bond acceptors (Lipinski definition) is 5. The maximum absolute atomic E-state index is 13.0. The Labute approximate surface area is 120 Å². The van der Waals surface area contributed by atoms with Crippen LogP contribution in [0.25, 0.3) is 0 Å². The zero-order chi connectivity index (χ0) is 15.0. The van der Waals surface area contributed by atoms with Gasteiger partial charge < -0.3 is 10.1 Å². The Kier molecular flexibility index (Phi) is 3.32. The maximum Gasteiger partial charge on any atom is 0.415 e. The second kappa shape index (κ2) is 5.02. The predicted molar refractivity (Wildman–Crippen MR) is 66.1 cm³/mol. The van der Waals surface area contributed by atoms with E-state index in [0.717, 1.165) is 11.3 Å². The van der Waals surface area contributed by atoms with E-state index in [1.807, 2.05) is 5.32 Å². The van der Waals surface area contributed by atoms with E-state index in [4.69, 9.17) is 4.74 Å². The highest BCUT2D eigenvalue weighted by Gasteiger charge is 2.44. The van der Waals surface area contributed by atoms with Crippen LogP contribution >= 0.6 is 11.3 Å². The first-order valence-corrected chi connectivity index (χ1v) is 6.81. The van der Waals surface area contributed by atoms with E-state index in [2.05, 4.69) is 10.1 Å². The van der Waals surface area contributed by atoms with Crippen LogP contribution in [0.3, 0.4) is 0 Å². The molecule has 0 bridgehead atoms. The van der Waals surface area contributed by atoms with Crippen LogP contribution < -0.4 is 10.1 Å². The molecule has 1 aliphatic rings. The zero-order valence-electron chi connectivity index (χ0n) is 10.4. The van der Waals surface area contributed by atoms with Gasteiger partial charge in [-0.25, -0.2) is 9.67 Å². The molecule has 1 unspecified atom stereocenters. The number of alkyl halides is 3. The number of carbonyl (C=O) groups is 1. The molecule has 0 aromatic carbocycles. The Morgan fingerprint density at radius 2 is 2.33 bits per heavy atom. The molecule has 6 nitrogen and oxygen atoms in total. The summed E-state index contributed by atoms with van der Waals surface area (Å²) in [5.74, 6) is -0.545. The van der Waals surface area contributed by atoms with E-state index < -0.39 is 18.1 Å². The monoisotopic (exact) mass is 318 g/mol. The van der Waals surface area contributed by atoms with Crippen molar-refractivity contribution in [3.63, 3.8) is 0 Å². The minimum Gasteiger partial charge on any atom is -0.476 e. The van der Waals surface area contributed by atoms with Crippen LogP contribution in [0.4, 0.5) is 13.2 Å². The third kappa shape index (κ3) is 2.71. The second-order valence-electron chi connectivity index (χ2n) is 4.26. The van der Waals surface area contributed by atoms with Crippen molar-refractivity contribution in [2.75, 3.05) is 6.61 Å². The van der Waals surface area contributed by atoms with Crippen molar-refractivity contribution < 1.29 is 22.7 Å². The summed E-state index contributed by atoms with van der Waals surface area (Å²) < 4.78 is 45.7. The lowest BCUT2D eigenvalue weighted by Crippen LogP contribution is -2.38. The van der Waals surface area contributed by atoms with Crippen molar-refractivity contribution in [1.82, 2.24) is 20.1 Å². The van der Waals surface area contributed by atoms with Gasteiger partial charge in [0.25, 0.3) is 5.91 Å². The van der Waals surface area contributed by atoms with Gasteiger partial charge in [-0.15, -0.1) is 11.3 Å². The van der Waals surface area contributed by atoms with Crippen LogP contribution in [-0.4, -0.2) is 33.5 Å². The van der Waals surface area contributed by atoms with E-state index in [1.165, 1.54) is 22.3 Å². The molecule has 0 aliphatic carbocycles. The predicted octanol–water partition coefficient (Wildman–Crippen LogP) is 1.77. The molecule has 0 fully saturated rings. The third-order valence-corrected chi connectivity index (χ3v) is 3.67. The SMILES string of the molecule is O=C(NC(c1nccs1)C(F)(F)F)c1cc2n(n1)CCO2. The maximum atomic E-state index is 13.0. The highest BCUT2D eigenvalue weighted by molar-refractivity contribution is 7.09. The third-order valence-electron chi connectivity index (χ3n) is 2.83. The quantitative estimate of drug-likeness (QED) is 0.936. The average Bonchev–Trinajstić information content (AvgIpc) is 3.09. The van der Waals surface area contributed by atoms with Crippen molar-refractivity contribution >= 4 is 17.2 Å². The van der Waals surface area contributed by atoms with Crippen LogP contribution in [0.2, 0.25) is 0 Å². The van der Waals surface area contributed by atoms with Crippen molar-refractivity contribution in [1.29, 1.82) is 0 Å². The first kappa shape index (κ1) is 13.9. The molecule has 2 aromatic heterocycles. The Hall–Kier alpha value is -2.10. The molecule has 0 saturated heterocycles. The van der Waals surface area contributed by atoms with E-state index in [0.29, 0.717) is 19.0 Å². The number of aromatic nitrogens is 3. The fourth-order valence-corrected chi connectivity index (χ4v) is 2.60. The van der Waals surface area contributed by atoms with Gasteiger partial charge in [-0.3, -0.25) is 4.79 Å². The Balaban J connectivity index is 1.80. The fraction of sp³-hybridized carbons (Fsp3) is 0.364. The molecule has 1 N–H and O–H groups in total. The summed E-state index contributed by atoms with van der Waals surface area (Å²) in [7, 11) is 0. The molecule has 112 valence electrons. The minimum absolute atomic E-state index is 0.115. The summed E-state index contributed by atoms with van der Waals surface area (Å²) in [4.78, 5) is 15.6. The van der Waals surface area contributed by atoms with E-state index >= 15 is 0 Å². The molecule has 10 heteroatoms. The van der Waals surface area contributed by atoms with Gasteiger partial charge in [0.05, 0.1) is 6.54 Å². The van der Waals surface area contributed by atoms with Crippen molar-refractivity contribution in [3.05, 3.63) is 28.3 Å². The number of halogens is 3. The lowest BCUT2D eigenvalue weighted by atomic mass is 10.2. The molecule has 0 radical (unpaired) electrons. The lowest BCUT2D eigenvalue weighted by Gasteiger charge is -2.18. The van der Waals surface area contributed by atoms with Gasteiger partial charge in [0.15, 0.2) is 11.7 Å². The van der Waals surface area contributed by atoms with Gasteiger partial charge in [0, 0.05) is 17.6 Å². The first-order chi connectivity index (χ1) is 9.95. The summed E-state index contributed by atoms with van der Waals surface area (Å²) in [5, 5.41) is 7.01. The van der Waals surface area contributed by atoms with Crippen LogP contribution in [0.5, 0.6) is 5.88 Å². The van der Waals surface area contributed by atoms with Gasteiger partial charge >= 0.3 is 6.18 Å². The van der Waals surface area contributed by atoms with Crippen LogP contribution in [-0.2, 0) is 6.54 Å². The van der Waals surface area contributed by atoms with Crippen molar-refractivity contribution in [2.24, 2.45) is 0 Å². The van der Waals surface area contributed by atoms with Crippen molar-refractivity contribution in [2.45, 2.75) is 18.8 Å². The van der Waals surface area contributed by atoms with Crippen LogP contribution in [0, 0.1) is 0 Å². The largest absolute Gasteiger partial charge is 0.476 e. The molecule has 1 aliphatic heterocycles. The van der Waals surface area contributed by atoms with Crippen LogP contribution in [0.1, 0.15) is 21.5 Å². The van der Waals surface area contributed by atoms with Gasteiger partial charge in [-0.05, 0) is 0 Å². The highest BCUT2D eigenvalue weighted by Crippen LogP contribution is 2.34. The summed E-state index contributed by atoms with van der Waals surface area (Å²) in [5.41, 5.74) is -0.115. The van der Waals surface area contributed by atoms with Crippen molar-refractivity contribution in [3.8, 4) is 5.88 Å². The van der Waals surface area contributed by atoms with Crippen LogP contribution in [0.15, 0.2) is 17.6 Å². The molecule has 3 heterocycles. The minimum atomic E-state index is -4.63. The lowest BCUT2D eigenvalue weighted by molar-refractivity contribution is -0.155. The number of hydrogen-bond donors (Lipinski definition) is 1. The molecule has 0 saturated carbocycles. The molecule has 3 rings (SSSR count). The summed E-state index contributed by atoms with van der Waals surface area (Å²) >= 11 is 0.823. The summed E-state index contributed by atoms with van der Waals surface area (Å²) in [6.45, 7) is 0.909. The number of amides is 1. The number of nitrogens with one attached hydrogen (secondary N) is 1. The topological polar surface area (TPSA) is 69.0 Å². The van der Waals surface area contributed by atoms with Gasteiger partial charge in [0.1, 0.15) is 11.6 Å². The normalized spacial score (nSPS) is 15.4. The summed E-state index contributed by atoms with van der Waals surface area (Å²) in [6, 6.07) is -0.833. The van der Waals surface area contributed by atoms with E-state index in [1.54, 1.807) is 0 Å². The average molecular weight is 318 g/mol. The number of thiazole rings is 1. The van der Waals surface area contributed by atoms with E-state index in [9.17, 15) is 18.0 Å². The molecular formula is C11H9F3N4O2S. The zero-order valence-corrected chi connectivity index (χ0v) is 11.2. The number of fused-ring (bicyclic) bond motifs is 1. The first-order valence-electron chi connectivity index (χ1n) is 5.93. The molecule has 21 heavy (non-hydrogen) atoms. The number of ether oxygens (including phenoxy) is 1. The number of rotatable bonds is 3. The Bertz CT molecular complexity index is 631.